The minimum absolute atomic E-state index is 0.0219. The number of fused-ring (bicyclic) bond motifs is 1. The molecule has 1 amide bonds. The van der Waals surface area contributed by atoms with Gasteiger partial charge in [0.2, 0.25) is 0 Å². The molecular weight excluding hydrogens is 297 g/mol. The molecule has 0 spiro atoms. The largest absolute Gasteiger partial charge is 0.455 e. The highest BCUT2D eigenvalue weighted by Gasteiger charge is 2.29. The number of nitrogens with one attached hydrogen (secondary N) is 1. The number of hydrogen-bond donors (Lipinski definition) is 1. The van der Waals surface area contributed by atoms with Crippen LogP contribution in [0, 0.1) is 12.7 Å². The van der Waals surface area contributed by atoms with Gasteiger partial charge >= 0.3 is 0 Å². The molecule has 0 aliphatic heterocycles. The standard InChI is InChI=1S/C18H18FNO3/c1-10-16-14(21)8-5-9-15(16)23-17(10)18(22)20-11(2)12-6-3-4-7-13(12)19/h3-4,6-7,11H,5,8-9H2,1-2H3,(H,20,22)/t11-/m1/s1. The summed E-state index contributed by atoms with van der Waals surface area (Å²) in [5.41, 5.74) is 1.52. The summed E-state index contributed by atoms with van der Waals surface area (Å²) in [6, 6.07) is 5.80. The Morgan fingerprint density at radius 1 is 1.30 bits per heavy atom. The fraction of sp³-hybridized carbons (Fsp3) is 0.333. The van der Waals surface area contributed by atoms with Gasteiger partial charge in [0.25, 0.3) is 5.91 Å². The lowest BCUT2D eigenvalue weighted by atomic mass is 9.94. The second-order valence-electron chi connectivity index (χ2n) is 5.85. The van der Waals surface area contributed by atoms with Crippen LogP contribution in [0.5, 0.6) is 0 Å². The summed E-state index contributed by atoms with van der Waals surface area (Å²) in [6.07, 6.45) is 1.89. The van der Waals surface area contributed by atoms with Gasteiger partial charge in [-0.25, -0.2) is 4.39 Å². The van der Waals surface area contributed by atoms with Crippen molar-refractivity contribution in [1.82, 2.24) is 5.32 Å². The van der Waals surface area contributed by atoms with Crippen LogP contribution in [0.3, 0.4) is 0 Å². The molecule has 3 rings (SSSR count). The highest BCUT2D eigenvalue weighted by Crippen LogP contribution is 2.29. The molecule has 120 valence electrons. The van der Waals surface area contributed by atoms with E-state index in [0.717, 1.165) is 6.42 Å². The molecule has 0 unspecified atom stereocenters. The number of carbonyl (C=O) groups excluding carboxylic acids is 2. The van der Waals surface area contributed by atoms with E-state index in [1.807, 2.05) is 0 Å². The monoisotopic (exact) mass is 315 g/mol. The SMILES string of the molecule is Cc1c(C(=O)N[C@H](C)c2ccccc2F)oc2c1C(=O)CCC2. The zero-order valence-corrected chi connectivity index (χ0v) is 13.1. The van der Waals surface area contributed by atoms with Crippen LogP contribution in [0.1, 0.15) is 63.6 Å². The lowest BCUT2D eigenvalue weighted by Gasteiger charge is -2.14. The molecule has 0 radical (unpaired) electrons. The Balaban J connectivity index is 1.84. The number of carbonyl (C=O) groups is 2. The second kappa shape index (κ2) is 5.99. The lowest BCUT2D eigenvalue weighted by Crippen LogP contribution is -2.27. The Labute approximate surface area is 133 Å². The van der Waals surface area contributed by atoms with Gasteiger partial charge in [0.1, 0.15) is 11.6 Å². The van der Waals surface area contributed by atoms with Gasteiger partial charge in [0.05, 0.1) is 11.6 Å². The first kappa shape index (κ1) is 15.5. The van der Waals surface area contributed by atoms with E-state index in [1.165, 1.54) is 6.07 Å². The third kappa shape index (κ3) is 2.79. The third-order valence-corrected chi connectivity index (χ3v) is 4.23. The lowest BCUT2D eigenvalue weighted by molar-refractivity contribution is 0.0905. The van der Waals surface area contributed by atoms with E-state index in [1.54, 1.807) is 32.0 Å². The van der Waals surface area contributed by atoms with Crippen molar-refractivity contribution >= 4 is 11.7 Å². The van der Waals surface area contributed by atoms with Gasteiger partial charge in [-0.2, -0.15) is 0 Å². The van der Waals surface area contributed by atoms with Crippen LogP contribution in [0.2, 0.25) is 0 Å². The van der Waals surface area contributed by atoms with Crippen molar-refractivity contribution in [3.05, 3.63) is 58.3 Å². The number of aryl methyl sites for hydroxylation is 1. The molecule has 0 fully saturated rings. The summed E-state index contributed by atoms with van der Waals surface area (Å²) in [5.74, 6) is -0.0454. The van der Waals surface area contributed by atoms with E-state index in [-0.39, 0.29) is 17.4 Å². The molecule has 1 aromatic carbocycles. The number of halogens is 1. The smallest absolute Gasteiger partial charge is 0.287 e. The molecule has 1 atom stereocenters. The minimum atomic E-state index is -0.499. The van der Waals surface area contributed by atoms with E-state index in [4.69, 9.17) is 4.42 Å². The predicted molar refractivity (Wildman–Crippen MR) is 83.0 cm³/mol. The Kier molecular flexibility index (Phi) is 4.03. The molecule has 4 nitrogen and oxygen atoms in total. The first-order valence-corrected chi connectivity index (χ1v) is 7.69. The Morgan fingerprint density at radius 2 is 2.04 bits per heavy atom. The average Bonchev–Trinajstić information content (AvgIpc) is 2.86. The van der Waals surface area contributed by atoms with Crippen molar-refractivity contribution in [2.75, 3.05) is 0 Å². The minimum Gasteiger partial charge on any atom is -0.455 e. The fourth-order valence-corrected chi connectivity index (χ4v) is 3.03. The molecule has 1 aliphatic rings. The zero-order chi connectivity index (χ0) is 16.6. The quantitative estimate of drug-likeness (QED) is 0.938. The summed E-state index contributed by atoms with van der Waals surface area (Å²) >= 11 is 0. The summed E-state index contributed by atoms with van der Waals surface area (Å²) in [7, 11) is 0. The molecule has 1 aliphatic carbocycles. The topological polar surface area (TPSA) is 59.3 Å². The van der Waals surface area contributed by atoms with Gasteiger partial charge in [-0.3, -0.25) is 9.59 Å². The van der Waals surface area contributed by atoms with Gasteiger partial charge in [0.15, 0.2) is 11.5 Å². The number of benzene rings is 1. The van der Waals surface area contributed by atoms with Gasteiger partial charge in [-0.05, 0) is 26.3 Å². The summed E-state index contributed by atoms with van der Waals surface area (Å²) in [4.78, 5) is 24.4. The maximum Gasteiger partial charge on any atom is 0.287 e. The molecule has 2 aromatic rings. The van der Waals surface area contributed by atoms with Crippen molar-refractivity contribution in [2.45, 2.75) is 39.2 Å². The van der Waals surface area contributed by atoms with Crippen LogP contribution >= 0.6 is 0 Å². The maximum atomic E-state index is 13.8. The highest BCUT2D eigenvalue weighted by molar-refractivity contribution is 6.03. The van der Waals surface area contributed by atoms with Crippen molar-refractivity contribution < 1.29 is 18.4 Å². The molecule has 0 bridgehead atoms. The van der Waals surface area contributed by atoms with E-state index >= 15 is 0 Å². The van der Waals surface area contributed by atoms with E-state index in [9.17, 15) is 14.0 Å². The van der Waals surface area contributed by atoms with Gasteiger partial charge < -0.3 is 9.73 Å². The molecule has 1 N–H and O–H groups in total. The second-order valence-corrected chi connectivity index (χ2v) is 5.85. The summed E-state index contributed by atoms with van der Waals surface area (Å²) in [6.45, 7) is 3.42. The molecule has 23 heavy (non-hydrogen) atoms. The van der Waals surface area contributed by atoms with Gasteiger partial charge in [-0.15, -0.1) is 0 Å². The summed E-state index contributed by atoms with van der Waals surface area (Å²) < 4.78 is 19.4. The summed E-state index contributed by atoms with van der Waals surface area (Å²) in [5, 5.41) is 2.73. The van der Waals surface area contributed by atoms with Crippen molar-refractivity contribution in [1.29, 1.82) is 0 Å². The van der Waals surface area contributed by atoms with E-state index in [0.29, 0.717) is 35.3 Å². The number of ketones is 1. The van der Waals surface area contributed by atoms with Crippen LogP contribution in [-0.4, -0.2) is 11.7 Å². The zero-order valence-electron chi connectivity index (χ0n) is 13.1. The Hall–Kier alpha value is -2.43. The number of rotatable bonds is 3. The molecule has 0 saturated carbocycles. The first-order valence-electron chi connectivity index (χ1n) is 7.69. The first-order chi connectivity index (χ1) is 11.0. The van der Waals surface area contributed by atoms with E-state index < -0.39 is 11.9 Å². The van der Waals surface area contributed by atoms with Crippen LogP contribution in [0.25, 0.3) is 0 Å². The molecule has 1 aromatic heterocycles. The fourth-order valence-electron chi connectivity index (χ4n) is 3.03. The number of amides is 1. The van der Waals surface area contributed by atoms with Crippen LogP contribution < -0.4 is 5.32 Å². The van der Waals surface area contributed by atoms with Crippen molar-refractivity contribution in [3.63, 3.8) is 0 Å². The van der Waals surface area contributed by atoms with Crippen LogP contribution in [0.15, 0.2) is 28.7 Å². The number of hydrogen-bond acceptors (Lipinski definition) is 3. The van der Waals surface area contributed by atoms with Gasteiger partial charge in [-0.1, -0.05) is 18.2 Å². The third-order valence-electron chi connectivity index (χ3n) is 4.23. The van der Waals surface area contributed by atoms with Gasteiger partial charge in [0, 0.05) is 24.0 Å². The van der Waals surface area contributed by atoms with Crippen molar-refractivity contribution in [2.24, 2.45) is 0 Å². The maximum absolute atomic E-state index is 13.8. The van der Waals surface area contributed by atoms with E-state index in [2.05, 4.69) is 5.32 Å². The molecule has 0 saturated heterocycles. The average molecular weight is 315 g/mol. The molecule has 1 heterocycles. The predicted octanol–water partition coefficient (Wildman–Crippen LogP) is 3.74. The Bertz CT molecular complexity index is 779. The van der Waals surface area contributed by atoms with Crippen LogP contribution in [-0.2, 0) is 6.42 Å². The van der Waals surface area contributed by atoms with Crippen LogP contribution in [0.4, 0.5) is 4.39 Å². The normalized spacial score (nSPS) is 15.2. The molecule has 5 heteroatoms. The highest BCUT2D eigenvalue weighted by atomic mass is 19.1. The van der Waals surface area contributed by atoms with Crippen molar-refractivity contribution in [3.8, 4) is 0 Å². The number of furan rings is 1. The number of Topliss-reactive ketones (excluding diaryl/α,β-unsaturated/α-hetero) is 1. The Morgan fingerprint density at radius 3 is 2.74 bits per heavy atom. The molecular formula is C18H18FNO3.